The molecule has 6 atom stereocenters. The van der Waals surface area contributed by atoms with E-state index in [2.05, 4.69) is 69.1 Å². The summed E-state index contributed by atoms with van der Waals surface area (Å²) >= 11 is 4.14. The quantitative estimate of drug-likeness (QED) is 0.0251. The molecule has 0 radical (unpaired) electrons. The third-order valence-electron chi connectivity index (χ3n) is 10.5. The second kappa shape index (κ2) is 39.0. The van der Waals surface area contributed by atoms with Crippen molar-refractivity contribution in [2.24, 2.45) is 11.5 Å². The van der Waals surface area contributed by atoms with Crippen LogP contribution in [-0.4, -0.2) is 221 Å². The number of phenolic OH excluding ortho intramolecular Hbond substituents is 1. The fourth-order valence-corrected chi connectivity index (χ4v) is 10.1. The van der Waals surface area contributed by atoms with E-state index >= 15 is 0 Å². The second-order valence-electron chi connectivity index (χ2n) is 17.4. The molecule has 0 saturated carbocycles. The number of carboxylic acids is 1. The van der Waals surface area contributed by atoms with Gasteiger partial charge in [0.2, 0.25) is 82.7 Å². The predicted molar refractivity (Wildman–Crippen MR) is 300 cm³/mol. The predicted octanol–water partition coefficient (Wildman–Crippen LogP) is -8.13. The van der Waals surface area contributed by atoms with Crippen molar-refractivity contribution in [1.82, 2.24) is 69.1 Å². The number of amides is 14. The number of carbonyl (C=O) groups is 15. The van der Waals surface area contributed by atoms with Crippen LogP contribution in [0.4, 0.5) is 0 Å². The largest absolute Gasteiger partial charge is 0.508 e. The molecule has 1 fully saturated rings. The number of aliphatic carboxylic acids is 1. The summed E-state index contributed by atoms with van der Waals surface area (Å²) in [5, 5.41) is 50.1. The van der Waals surface area contributed by atoms with Crippen LogP contribution in [-0.2, 0) is 78.3 Å². The second-order valence-corrected chi connectivity index (χ2v) is 21.6. The molecule has 32 nitrogen and oxygen atoms in total. The molecule has 14 amide bonds. The van der Waals surface area contributed by atoms with E-state index in [-0.39, 0.29) is 53.0 Å². The monoisotopic (exact) mass is 1230 g/mol. The van der Waals surface area contributed by atoms with E-state index in [4.69, 9.17) is 11.5 Å². The van der Waals surface area contributed by atoms with Crippen molar-refractivity contribution in [3.05, 3.63) is 29.8 Å². The van der Waals surface area contributed by atoms with Crippen LogP contribution in [0.5, 0.6) is 5.75 Å². The van der Waals surface area contributed by atoms with E-state index in [9.17, 15) is 82.1 Å². The molecule has 1 aliphatic rings. The van der Waals surface area contributed by atoms with Crippen molar-refractivity contribution in [3.63, 3.8) is 0 Å². The first-order valence-electron chi connectivity index (χ1n) is 24.8. The molecule has 1 aromatic carbocycles. The van der Waals surface area contributed by atoms with E-state index in [1.165, 1.54) is 49.9 Å². The lowest BCUT2D eigenvalue weighted by molar-refractivity contribution is -0.141. The number of benzene rings is 1. The van der Waals surface area contributed by atoms with Crippen LogP contribution in [0.15, 0.2) is 24.3 Å². The fourth-order valence-electron chi connectivity index (χ4n) is 6.39. The smallest absolute Gasteiger partial charge is 0.305 e. The van der Waals surface area contributed by atoms with Crippen LogP contribution in [0.25, 0.3) is 0 Å². The molecule has 0 unspecified atom stereocenters. The van der Waals surface area contributed by atoms with Gasteiger partial charge in [-0.3, -0.25) is 71.9 Å². The molecule has 0 bridgehead atoms. The van der Waals surface area contributed by atoms with Crippen molar-refractivity contribution in [2.45, 2.75) is 69.4 Å². The number of primary amides is 1. The zero-order valence-electron chi connectivity index (χ0n) is 44.6. The Hall–Kier alpha value is -7.57. The first-order valence-corrected chi connectivity index (χ1v) is 29.4. The van der Waals surface area contributed by atoms with Gasteiger partial charge in [0.15, 0.2) is 0 Å². The lowest BCUT2D eigenvalue weighted by atomic mass is 10.0. The van der Waals surface area contributed by atoms with Gasteiger partial charge in [0.1, 0.15) is 42.0 Å². The highest BCUT2D eigenvalue weighted by Gasteiger charge is 2.32. The van der Waals surface area contributed by atoms with Crippen LogP contribution in [0, 0.1) is 0 Å². The fraction of sp³-hybridized carbons (Fsp3) is 0.543. The summed E-state index contributed by atoms with van der Waals surface area (Å²) in [4.78, 5) is 191. The molecule has 1 saturated heterocycles. The Balaban J connectivity index is 2.13. The van der Waals surface area contributed by atoms with Crippen LogP contribution < -0.4 is 80.6 Å². The maximum atomic E-state index is 13.8. The number of hydrogen-bond donors (Lipinski definition) is 17. The zero-order chi connectivity index (χ0) is 61.1. The highest BCUT2D eigenvalue weighted by Crippen LogP contribution is 2.14. The minimum absolute atomic E-state index is 0.00534. The Kier molecular flexibility index (Phi) is 33.5. The van der Waals surface area contributed by atoms with Gasteiger partial charge < -0.3 is 90.8 Å². The Morgan fingerprint density at radius 3 is 1.79 bits per heavy atom. The average Bonchev–Trinajstić information content (AvgIpc) is 3.42. The number of nitrogens with one attached hydrogen (secondary N) is 13. The van der Waals surface area contributed by atoms with E-state index in [0.717, 1.165) is 35.3 Å². The summed E-state index contributed by atoms with van der Waals surface area (Å²) in [7, 11) is 0. The first kappa shape index (κ1) is 70.5. The van der Waals surface area contributed by atoms with Crippen molar-refractivity contribution in [1.29, 1.82) is 0 Å². The Morgan fingerprint density at radius 1 is 0.659 bits per heavy atom. The maximum Gasteiger partial charge on any atom is 0.305 e. The van der Waals surface area contributed by atoms with Gasteiger partial charge >= 0.3 is 5.97 Å². The van der Waals surface area contributed by atoms with Gasteiger partial charge in [-0.15, -0.1) is 35.3 Å². The van der Waals surface area contributed by atoms with Gasteiger partial charge in [-0.1, -0.05) is 12.1 Å². The molecule has 0 aliphatic carbocycles. The van der Waals surface area contributed by atoms with Gasteiger partial charge in [0.05, 0.1) is 56.7 Å². The van der Waals surface area contributed by atoms with E-state index in [1.54, 1.807) is 0 Å². The third-order valence-corrected chi connectivity index (χ3v) is 14.5. The molecule has 2 rings (SSSR count). The minimum Gasteiger partial charge on any atom is -0.508 e. The van der Waals surface area contributed by atoms with Crippen molar-refractivity contribution >= 4 is 136 Å². The molecule has 1 aromatic rings. The molecule has 0 spiro atoms. The van der Waals surface area contributed by atoms with Crippen LogP contribution in [0.2, 0.25) is 0 Å². The molecule has 19 N–H and O–H groups in total. The number of thioether (sulfide) groups is 4. The maximum absolute atomic E-state index is 13.8. The number of hydrogen-bond acceptors (Lipinski definition) is 21. The lowest BCUT2D eigenvalue weighted by Crippen LogP contribution is -2.58. The number of aromatic hydroxyl groups is 1. The number of rotatable bonds is 30. The number of carboxylic acid groups (broad SMARTS) is 1. The van der Waals surface area contributed by atoms with Crippen molar-refractivity contribution < 1.29 is 82.1 Å². The van der Waals surface area contributed by atoms with E-state index in [1.807, 2.05) is 0 Å². The van der Waals surface area contributed by atoms with Crippen LogP contribution in [0.1, 0.15) is 32.3 Å². The molecular formula is C46H69N15O17S4. The van der Waals surface area contributed by atoms with E-state index in [0.29, 0.717) is 24.3 Å². The highest BCUT2D eigenvalue weighted by atomic mass is 32.2. The van der Waals surface area contributed by atoms with Crippen LogP contribution >= 0.6 is 47.0 Å². The van der Waals surface area contributed by atoms with Gasteiger partial charge in [0.25, 0.3) is 0 Å². The third kappa shape index (κ3) is 30.9. The number of nitrogens with two attached hydrogens (primary N) is 2. The molecule has 36 heteroatoms. The van der Waals surface area contributed by atoms with Gasteiger partial charge in [0, 0.05) is 43.3 Å². The number of phenols is 1. The topological polar surface area (TPSA) is 505 Å². The average molecular weight is 1230 g/mol. The standard InChI is InChI=1S/C46H69N15O17S4/c1-24(62)54-22-81-17-30(41(48)73)58-38(69)16-52-42(74)31(20-82-23-55-25(2)63)59-36(67)14-50-34(65)12-49-35(66)13-51-44(76)33-19-80-21-39(70)57-28(10-26-4-6-27(64)7-5-26)45(77)60-32(18-79-9-3-8-47)43(75)53-15-37(68)56-29(11-40(71)72)46(78)61-33/h4-7,28-33,64H,3,8-23,47H2,1-2H3,(H2,48,73)(H,49,66)(H,50,65)(H,51,76)(H,52,74)(H,53,75)(H,54,62)(H,55,63)(H,56,68)(H,57,70)(H,58,69)(H,59,67)(H,60,77)(H,61,78)(H,71,72)/t28-,29+,30-,31-,32+,33+/m0/s1. The number of carbonyl (C=O) groups excluding carboxylic acids is 14. The summed E-state index contributed by atoms with van der Waals surface area (Å²) in [6.07, 6.45) is -0.540. The Morgan fingerprint density at radius 2 is 1.21 bits per heavy atom. The Bertz CT molecular complexity index is 2450. The van der Waals surface area contributed by atoms with Gasteiger partial charge in [-0.05, 0) is 36.4 Å². The minimum atomic E-state index is -1.82. The van der Waals surface area contributed by atoms with Crippen LogP contribution in [0.3, 0.4) is 0 Å². The zero-order valence-corrected chi connectivity index (χ0v) is 47.9. The molecule has 1 heterocycles. The summed E-state index contributed by atoms with van der Waals surface area (Å²) in [6.45, 7) is -0.889. The molecule has 454 valence electrons. The van der Waals surface area contributed by atoms with Gasteiger partial charge in [-0.2, -0.15) is 11.8 Å². The molecule has 82 heavy (non-hydrogen) atoms. The SMILES string of the molecule is CC(=O)NCSC[C@H](NC(=O)CNC(=O)[C@H](CSCNC(C)=O)NC(=O)CNC(=O)CNC(=O)CNC(=O)[C@H]1CSCC(=O)N[C@@H](Cc2ccc(O)cc2)C(=O)N[C@H](CSCCCN)C(=O)NCC(=O)N[C@H](CC(=O)O)C(=O)N1)C(N)=O. The molecule has 1 aliphatic heterocycles. The van der Waals surface area contributed by atoms with Crippen molar-refractivity contribution in [2.75, 3.05) is 85.5 Å². The summed E-state index contributed by atoms with van der Waals surface area (Å²) in [6, 6.07) is -2.77. The van der Waals surface area contributed by atoms with Crippen molar-refractivity contribution in [3.8, 4) is 5.75 Å². The molecule has 0 aromatic heterocycles. The van der Waals surface area contributed by atoms with E-state index < -0.39 is 164 Å². The first-order chi connectivity index (χ1) is 38.9. The lowest BCUT2D eigenvalue weighted by Gasteiger charge is -2.25. The summed E-state index contributed by atoms with van der Waals surface area (Å²) < 4.78 is 0. The Labute approximate surface area is 486 Å². The molecular weight excluding hydrogens is 1160 g/mol. The highest BCUT2D eigenvalue weighted by molar-refractivity contribution is 8.00. The normalized spacial score (nSPS) is 17.8. The summed E-state index contributed by atoms with van der Waals surface area (Å²) in [5.41, 5.74) is 11.5. The summed E-state index contributed by atoms with van der Waals surface area (Å²) in [5.74, 6) is -13.7. The van der Waals surface area contributed by atoms with Gasteiger partial charge in [-0.25, -0.2) is 0 Å².